The fourth-order valence-electron chi connectivity index (χ4n) is 3.44. The number of halogens is 1. The Morgan fingerprint density at radius 3 is 2.23 bits per heavy atom. The number of rotatable bonds is 4. The fourth-order valence-corrected chi connectivity index (χ4v) is 3.44. The van der Waals surface area contributed by atoms with Crippen molar-refractivity contribution in [3.05, 3.63) is 71.8 Å². The van der Waals surface area contributed by atoms with E-state index >= 15 is 0 Å². The van der Waals surface area contributed by atoms with Crippen molar-refractivity contribution in [1.82, 2.24) is 14.9 Å². The average molecular weight is 420 g/mol. The lowest BCUT2D eigenvalue weighted by atomic mass is 10.2. The Labute approximate surface area is 180 Å². The van der Waals surface area contributed by atoms with E-state index in [0.717, 1.165) is 17.3 Å². The van der Waals surface area contributed by atoms with Gasteiger partial charge in [-0.15, -0.1) is 0 Å². The van der Waals surface area contributed by atoms with Crippen LogP contribution in [0.15, 0.2) is 54.6 Å². The lowest BCUT2D eigenvalue weighted by Gasteiger charge is -2.35. The highest BCUT2D eigenvalue weighted by atomic mass is 19.1. The number of nitrogens with zero attached hydrogens (tertiary/aromatic N) is 4. The molecule has 1 aliphatic heterocycles. The zero-order valence-electron chi connectivity index (χ0n) is 17.6. The normalized spacial score (nSPS) is 13.8. The van der Waals surface area contributed by atoms with Crippen LogP contribution in [0.25, 0.3) is 0 Å². The van der Waals surface area contributed by atoms with Gasteiger partial charge >= 0.3 is 6.03 Å². The van der Waals surface area contributed by atoms with Crippen molar-refractivity contribution in [3.63, 3.8) is 0 Å². The minimum absolute atomic E-state index is 0.188. The van der Waals surface area contributed by atoms with Gasteiger partial charge in [-0.1, -0.05) is 17.7 Å². The maximum Gasteiger partial charge on any atom is 0.321 e. The number of nitrogens with one attached hydrogen (secondary N) is 2. The van der Waals surface area contributed by atoms with Crippen molar-refractivity contribution < 1.29 is 9.18 Å². The number of urea groups is 1. The second-order valence-electron chi connectivity index (χ2n) is 7.56. The molecule has 1 saturated heterocycles. The smallest absolute Gasteiger partial charge is 0.321 e. The summed E-state index contributed by atoms with van der Waals surface area (Å²) >= 11 is 0. The molecule has 2 N–H and O–H groups in total. The molecule has 31 heavy (non-hydrogen) atoms. The second kappa shape index (κ2) is 8.99. The summed E-state index contributed by atoms with van der Waals surface area (Å²) in [5.74, 6) is 1.93. The van der Waals surface area contributed by atoms with Crippen LogP contribution in [-0.2, 0) is 0 Å². The number of benzene rings is 2. The number of aromatic nitrogens is 2. The molecule has 3 aromatic rings. The highest BCUT2D eigenvalue weighted by molar-refractivity contribution is 5.89. The van der Waals surface area contributed by atoms with Crippen LogP contribution in [0, 0.1) is 19.7 Å². The number of carbonyl (C=O) groups excluding carboxylic acids is 1. The van der Waals surface area contributed by atoms with Crippen LogP contribution >= 0.6 is 0 Å². The molecule has 0 aliphatic carbocycles. The molecule has 2 amide bonds. The standard InChI is InChI=1S/C23H25FN6O/c1-16-3-7-19(8-4-16)27-21-15-22(26-17(2)25-21)29-11-13-30(14-12-29)23(31)28-20-9-5-18(24)6-10-20/h3-10,15H,11-14H2,1-2H3,(H,28,31)(H,25,26,27). The Kier molecular flexibility index (Phi) is 5.97. The van der Waals surface area contributed by atoms with Crippen LogP contribution < -0.4 is 15.5 Å². The Bertz CT molecular complexity index is 1050. The van der Waals surface area contributed by atoms with Crippen LogP contribution in [0.2, 0.25) is 0 Å². The van der Waals surface area contributed by atoms with Crippen molar-refractivity contribution in [2.24, 2.45) is 0 Å². The molecule has 0 atom stereocenters. The van der Waals surface area contributed by atoms with Crippen molar-refractivity contribution in [2.45, 2.75) is 13.8 Å². The molecule has 0 bridgehead atoms. The number of carbonyl (C=O) groups is 1. The number of hydrogen-bond donors (Lipinski definition) is 2. The molecule has 1 aromatic heterocycles. The first-order chi connectivity index (χ1) is 15.0. The lowest BCUT2D eigenvalue weighted by Crippen LogP contribution is -2.50. The fraction of sp³-hybridized carbons (Fsp3) is 0.261. The van der Waals surface area contributed by atoms with Gasteiger partial charge in [0.1, 0.15) is 23.3 Å². The predicted molar refractivity (Wildman–Crippen MR) is 120 cm³/mol. The lowest BCUT2D eigenvalue weighted by molar-refractivity contribution is 0.208. The number of amides is 2. The van der Waals surface area contributed by atoms with E-state index in [1.54, 1.807) is 17.0 Å². The molecule has 7 nitrogen and oxygen atoms in total. The van der Waals surface area contributed by atoms with E-state index in [1.165, 1.54) is 17.7 Å². The minimum atomic E-state index is -0.331. The van der Waals surface area contributed by atoms with Gasteiger partial charge in [-0.3, -0.25) is 0 Å². The molecule has 1 aliphatic rings. The monoisotopic (exact) mass is 420 g/mol. The van der Waals surface area contributed by atoms with E-state index in [1.807, 2.05) is 37.3 Å². The summed E-state index contributed by atoms with van der Waals surface area (Å²) < 4.78 is 13.0. The predicted octanol–water partition coefficient (Wildman–Crippen LogP) is 4.33. The zero-order valence-corrected chi connectivity index (χ0v) is 17.6. The molecular formula is C23H25FN6O. The molecule has 160 valence electrons. The number of piperazine rings is 1. The van der Waals surface area contributed by atoms with Gasteiger partial charge in [0.2, 0.25) is 0 Å². The molecular weight excluding hydrogens is 395 g/mol. The van der Waals surface area contributed by atoms with Crippen molar-refractivity contribution in [3.8, 4) is 0 Å². The number of hydrogen-bond acceptors (Lipinski definition) is 5. The van der Waals surface area contributed by atoms with E-state index in [0.29, 0.717) is 37.7 Å². The third-order valence-electron chi connectivity index (χ3n) is 5.13. The van der Waals surface area contributed by atoms with E-state index in [9.17, 15) is 9.18 Å². The van der Waals surface area contributed by atoms with Gasteiger partial charge in [-0.2, -0.15) is 0 Å². The van der Waals surface area contributed by atoms with Crippen LogP contribution in [0.4, 0.5) is 32.2 Å². The maximum absolute atomic E-state index is 13.0. The first-order valence-corrected chi connectivity index (χ1v) is 10.2. The summed E-state index contributed by atoms with van der Waals surface area (Å²) in [6, 6.07) is 15.6. The topological polar surface area (TPSA) is 73.4 Å². The molecule has 4 rings (SSSR count). The van der Waals surface area contributed by atoms with Gasteiger partial charge in [0, 0.05) is 43.6 Å². The third-order valence-corrected chi connectivity index (χ3v) is 5.13. The zero-order chi connectivity index (χ0) is 21.8. The summed E-state index contributed by atoms with van der Waals surface area (Å²) in [6.07, 6.45) is 0. The van der Waals surface area contributed by atoms with Crippen LogP contribution in [0.1, 0.15) is 11.4 Å². The van der Waals surface area contributed by atoms with E-state index in [-0.39, 0.29) is 11.8 Å². The summed E-state index contributed by atoms with van der Waals surface area (Å²) in [5, 5.41) is 6.14. The molecule has 2 heterocycles. The largest absolute Gasteiger partial charge is 0.353 e. The Morgan fingerprint density at radius 2 is 1.55 bits per heavy atom. The average Bonchev–Trinajstić information content (AvgIpc) is 2.77. The first-order valence-electron chi connectivity index (χ1n) is 10.2. The number of anilines is 4. The van der Waals surface area contributed by atoms with E-state index in [4.69, 9.17) is 0 Å². The minimum Gasteiger partial charge on any atom is -0.353 e. The molecule has 2 aromatic carbocycles. The summed E-state index contributed by atoms with van der Waals surface area (Å²) in [6.45, 7) is 6.38. The van der Waals surface area contributed by atoms with Gasteiger partial charge in [0.05, 0.1) is 0 Å². The van der Waals surface area contributed by atoms with Gasteiger partial charge in [-0.05, 0) is 50.2 Å². The van der Waals surface area contributed by atoms with Gasteiger partial charge in [-0.25, -0.2) is 19.2 Å². The Hall–Kier alpha value is -3.68. The Balaban J connectivity index is 1.37. The quantitative estimate of drug-likeness (QED) is 0.657. The second-order valence-corrected chi connectivity index (χ2v) is 7.56. The molecule has 0 spiro atoms. The highest BCUT2D eigenvalue weighted by Crippen LogP contribution is 2.21. The van der Waals surface area contributed by atoms with Crippen molar-refractivity contribution in [1.29, 1.82) is 0 Å². The number of aryl methyl sites for hydroxylation is 2. The molecule has 8 heteroatoms. The molecule has 0 saturated carbocycles. The van der Waals surface area contributed by atoms with Gasteiger partial charge in [0.25, 0.3) is 0 Å². The van der Waals surface area contributed by atoms with Crippen molar-refractivity contribution >= 4 is 29.0 Å². The molecule has 0 radical (unpaired) electrons. The van der Waals surface area contributed by atoms with Crippen LogP contribution in [0.5, 0.6) is 0 Å². The summed E-state index contributed by atoms with van der Waals surface area (Å²) in [7, 11) is 0. The van der Waals surface area contributed by atoms with Crippen LogP contribution in [0.3, 0.4) is 0 Å². The summed E-state index contributed by atoms with van der Waals surface area (Å²) in [5.41, 5.74) is 2.75. The molecule has 1 fully saturated rings. The summed E-state index contributed by atoms with van der Waals surface area (Å²) in [4.78, 5) is 25.5. The third kappa shape index (κ3) is 5.28. The van der Waals surface area contributed by atoms with Crippen LogP contribution in [-0.4, -0.2) is 47.1 Å². The van der Waals surface area contributed by atoms with Gasteiger partial charge < -0.3 is 20.4 Å². The molecule has 0 unspecified atom stereocenters. The van der Waals surface area contributed by atoms with Gasteiger partial charge in [0.15, 0.2) is 0 Å². The first kappa shape index (κ1) is 20.6. The van der Waals surface area contributed by atoms with E-state index < -0.39 is 0 Å². The SMILES string of the molecule is Cc1ccc(Nc2cc(N3CCN(C(=O)Nc4ccc(F)cc4)CC3)nc(C)n2)cc1. The Morgan fingerprint density at radius 1 is 0.903 bits per heavy atom. The van der Waals surface area contributed by atoms with Crippen molar-refractivity contribution in [2.75, 3.05) is 41.7 Å². The maximum atomic E-state index is 13.0. The van der Waals surface area contributed by atoms with E-state index in [2.05, 4.69) is 32.4 Å². The highest BCUT2D eigenvalue weighted by Gasteiger charge is 2.22.